The van der Waals surface area contributed by atoms with E-state index < -0.39 is 5.97 Å². The van der Waals surface area contributed by atoms with Gasteiger partial charge in [-0.05, 0) is 19.3 Å². The Hall–Kier alpha value is -0.950. The highest BCUT2D eigenvalue weighted by Gasteiger charge is 2.64. The first kappa shape index (κ1) is 23.3. The van der Waals surface area contributed by atoms with E-state index in [-0.39, 0.29) is 35.6 Å². The van der Waals surface area contributed by atoms with Gasteiger partial charge in [-0.25, -0.2) is 14.7 Å². The minimum atomic E-state index is -0.720. The van der Waals surface area contributed by atoms with Crippen LogP contribution in [0.1, 0.15) is 91.4 Å². The molecule has 0 aromatic heterocycles. The van der Waals surface area contributed by atoms with Crippen molar-refractivity contribution in [2.24, 2.45) is 10.8 Å². The number of fused-ring (bicyclic) bond motifs is 2. The van der Waals surface area contributed by atoms with Crippen molar-refractivity contribution in [3.05, 3.63) is 12.2 Å². The fourth-order valence-corrected chi connectivity index (χ4v) is 4.77. The first-order valence-electron chi connectivity index (χ1n) is 10.9. The standard InChI is InChI=1S/C22H38O6/c1-4-5-8-11-17(26-25)13-15-22(3)19-16-18(27-28-19)21(22,2)14-10-7-6-9-12-20(23)24/h13,15,17-19,25H,4-12,14,16H2,1-3H3,(H,23,24)/t17?,18-,19-,21+,22+/m1/s1. The molecule has 1 aliphatic heterocycles. The van der Waals surface area contributed by atoms with Crippen LogP contribution in [0, 0.1) is 10.8 Å². The van der Waals surface area contributed by atoms with Gasteiger partial charge in [-0.2, -0.15) is 0 Å². The summed E-state index contributed by atoms with van der Waals surface area (Å²) in [7, 11) is 0. The highest BCUT2D eigenvalue weighted by Crippen LogP contribution is 2.61. The number of hydrogen-bond acceptors (Lipinski definition) is 5. The van der Waals surface area contributed by atoms with Gasteiger partial charge in [0.25, 0.3) is 0 Å². The molecule has 5 atom stereocenters. The van der Waals surface area contributed by atoms with Gasteiger partial charge >= 0.3 is 5.97 Å². The van der Waals surface area contributed by atoms with Crippen molar-refractivity contribution < 1.29 is 29.8 Å². The van der Waals surface area contributed by atoms with E-state index in [0.29, 0.717) is 0 Å². The van der Waals surface area contributed by atoms with Crippen LogP contribution in [0.4, 0.5) is 0 Å². The van der Waals surface area contributed by atoms with Crippen molar-refractivity contribution >= 4 is 5.97 Å². The highest BCUT2D eigenvalue weighted by atomic mass is 17.2. The van der Waals surface area contributed by atoms with Crippen molar-refractivity contribution in [1.29, 1.82) is 0 Å². The zero-order valence-corrected chi connectivity index (χ0v) is 17.7. The zero-order chi connectivity index (χ0) is 20.6. The van der Waals surface area contributed by atoms with Crippen LogP contribution in [0.2, 0.25) is 0 Å². The van der Waals surface area contributed by atoms with Crippen LogP contribution >= 0.6 is 0 Å². The summed E-state index contributed by atoms with van der Waals surface area (Å²) < 4.78 is 0. The summed E-state index contributed by atoms with van der Waals surface area (Å²) in [6.07, 6.45) is 14.0. The fraction of sp³-hybridized carbons (Fsp3) is 0.864. The predicted molar refractivity (Wildman–Crippen MR) is 107 cm³/mol. The Morgan fingerprint density at radius 1 is 1.14 bits per heavy atom. The minimum absolute atomic E-state index is 0.0146. The molecule has 0 spiro atoms. The van der Waals surface area contributed by atoms with Crippen molar-refractivity contribution in [3.8, 4) is 0 Å². The lowest BCUT2D eigenvalue weighted by Gasteiger charge is -2.47. The number of carbonyl (C=O) groups is 1. The van der Waals surface area contributed by atoms with Crippen molar-refractivity contribution in [3.63, 3.8) is 0 Å². The summed E-state index contributed by atoms with van der Waals surface area (Å²) in [5.74, 6) is -0.720. The van der Waals surface area contributed by atoms with Crippen molar-refractivity contribution in [1.82, 2.24) is 0 Å². The van der Waals surface area contributed by atoms with Crippen molar-refractivity contribution in [2.45, 2.75) is 110 Å². The summed E-state index contributed by atoms with van der Waals surface area (Å²) in [6.45, 7) is 6.65. The minimum Gasteiger partial charge on any atom is -0.481 e. The molecule has 1 saturated carbocycles. The third-order valence-corrected chi connectivity index (χ3v) is 7.05. The van der Waals surface area contributed by atoms with Gasteiger partial charge < -0.3 is 5.11 Å². The lowest BCUT2D eigenvalue weighted by atomic mass is 9.63. The second-order valence-electron chi connectivity index (χ2n) is 8.91. The molecule has 2 bridgehead atoms. The Balaban J connectivity index is 1.95. The molecule has 2 aliphatic rings. The molecule has 162 valence electrons. The van der Waals surface area contributed by atoms with E-state index in [9.17, 15) is 10.1 Å². The van der Waals surface area contributed by atoms with Crippen LogP contribution in [-0.4, -0.2) is 34.6 Å². The summed E-state index contributed by atoms with van der Waals surface area (Å²) in [5.41, 5.74) is -0.235. The average molecular weight is 399 g/mol. The molecule has 0 aromatic rings. The molecule has 1 heterocycles. The predicted octanol–water partition coefficient (Wildman–Crippen LogP) is 5.52. The molecule has 1 saturated heterocycles. The smallest absolute Gasteiger partial charge is 0.303 e. The third-order valence-electron chi connectivity index (χ3n) is 7.05. The van der Waals surface area contributed by atoms with Gasteiger partial charge in [0.05, 0.1) is 0 Å². The average Bonchev–Trinajstić information content (AvgIpc) is 3.23. The Morgan fingerprint density at radius 2 is 1.86 bits per heavy atom. The number of hydrogen-bond donors (Lipinski definition) is 2. The number of carboxylic acids is 1. The van der Waals surface area contributed by atoms with E-state index >= 15 is 0 Å². The number of aliphatic carboxylic acids is 1. The van der Waals surface area contributed by atoms with E-state index in [0.717, 1.165) is 64.2 Å². The third kappa shape index (κ3) is 5.35. The molecule has 6 heteroatoms. The van der Waals surface area contributed by atoms with Crippen LogP contribution < -0.4 is 0 Å². The first-order chi connectivity index (χ1) is 13.4. The monoisotopic (exact) mass is 398 g/mol. The molecule has 0 amide bonds. The van der Waals surface area contributed by atoms with Gasteiger partial charge in [0.1, 0.15) is 18.3 Å². The zero-order valence-electron chi connectivity index (χ0n) is 17.7. The van der Waals surface area contributed by atoms with E-state index in [1.807, 2.05) is 6.08 Å². The largest absolute Gasteiger partial charge is 0.481 e. The Bertz CT molecular complexity index is 521. The van der Waals surface area contributed by atoms with Gasteiger partial charge in [0.15, 0.2) is 0 Å². The van der Waals surface area contributed by atoms with Gasteiger partial charge in [-0.15, -0.1) is 0 Å². The van der Waals surface area contributed by atoms with E-state index in [1.165, 1.54) is 0 Å². The van der Waals surface area contributed by atoms with Crippen LogP contribution in [0.3, 0.4) is 0 Å². The molecular formula is C22H38O6. The fourth-order valence-electron chi connectivity index (χ4n) is 4.77. The molecular weight excluding hydrogens is 360 g/mol. The maximum absolute atomic E-state index is 10.6. The number of rotatable bonds is 14. The summed E-state index contributed by atoms with van der Waals surface area (Å²) in [5, 5.41) is 18.0. The topological polar surface area (TPSA) is 85.2 Å². The quantitative estimate of drug-likeness (QED) is 0.173. The van der Waals surface area contributed by atoms with E-state index in [2.05, 4.69) is 31.7 Å². The SMILES string of the molecule is CCCCCC(C=C[C@@]1(C)[C@H]2C[C@@H](OO2)[C@]1(C)CCCCCCC(=O)O)OO. The van der Waals surface area contributed by atoms with Crippen molar-refractivity contribution in [2.75, 3.05) is 0 Å². The highest BCUT2D eigenvalue weighted by molar-refractivity contribution is 5.66. The second kappa shape index (κ2) is 10.7. The summed E-state index contributed by atoms with van der Waals surface area (Å²) in [4.78, 5) is 26.5. The molecule has 1 unspecified atom stereocenters. The molecule has 2 rings (SSSR count). The second-order valence-corrected chi connectivity index (χ2v) is 8.91. The number of carboxylic acid groups (broad SMARTS) is 1. The Morgan fingerprint density at radius 3 is 2.54 bits per heavy atom. The molecule has 6 nitrogen and oxygen atoms in total. The Kier molecular flexibility index (Phi) is 8.93. The lowest BCUT2D eigenvalue weighted by molar-refractivity contribution is -0.368. The van der Waals surface area contributed by atoms with Crippen LogP contribution in [0.5, 0.6) is 0 Å². The molecule has 2 N–H and O–H groups in total. The first-order valence-corrected chi connectivity index (χ1v) is 10.9. The Labute approximate surface area is 169 Å². The van der Waals surface area contributed by atoms with Crippen LogP contribution in [0.15, 0.2) is 12.2 Å². The molecule has 2 fully saturated rings. The van der Waals surface area contributed by atoms with Gasteiger partial charge in [0.2, 0.25) is 0 Å². The maximum atomic E-state index is 10.6. The normalized spacial score (nSPS) is 33.0. The maximum Gasteiger partial charge on any atom is 0.303 e. The molecule has 28 heavy (non-hydrogen) atoms. The van der Waals surface area contributed by atoms with Crippen LogP contribution in [-0.2, 0) is 19.5 Å². The molecule has 0 aromatic carbocycles. The summed E-state index contributed by atoms with van der Waals surface area (Å²) >= 11 is 0. The molecule has 1 aliphatic carbocycles. The lowest BCUT2D eigenvalue weighted by Crippen LogP contribution is -2.47. The van der Waals surface area contributed by atoms with Crippen LogP contribution in [0.25, 0.3) is 0 Å². The summed E-state index contributed by atoms with van der Waals surface area (Å²) in [6, 6.07) is 0. The molecule has 0 radical (unpaired) electrons. The van der Waals surface area contributed by atoms with Gasteiger partial charge in [-0.1, -0.05) is 71.4 Å². The number of unbranched alkanes of at least 4 members (excludes halogenated alkanes) is 5. The van der Waals surface area contributed by atoms with Gasteiger partial charge in [0, 0.05) is 23.7 Å². The van der Waals surface area contributed by atoms with E-state index in [1.54, 1.807) is 0 Å². The van der Waals surface area contributed by atoms with Gasteiger partial charge in [-0.3, -0.25) is 10.1 Å². The van der Waals surface area contributed by atoms with E-state index in [4.69, 9.17) is 14.9 Å².